The summed E-state index contributed by atoms with van der Waals surface area (Å²) >= 11 is 0. The van der Waals surface area contributed by atoms with E-state index in [0.717, 1.165) is 0 Å². The van der Waals surface area contributed by atoms with Crippen LogP contribution in [0.25, 0.3) is 0 Å². The highest BCUT2D eigenvalue weighted by Gasteiger charge is 2.41. The van der Waals surface area contributed by atoms with Crippen LogP contribution in [0.3, 0.4) is 0 Å². The molecule has 1 atom stereocenters. The molecule has 2 rings (SSSR count). The van der Waals surface area contributed by atoms with Crippen molar-refractivity contribution in [1.29, 1.82) is 0 Å². The number of rotatable bonds is 7. The first kappa shape index (κ1) is 27.4. The Balaban J connectivity index is 0.00000480. The van der Waals surface area contributed by atoms with Gasteiger partial charge in [0.25, 0.3) is 0 Å². The first-order valence-electron chi connectivity index (χ1n) is 10.1. The second-order valence-corrected chi connectivity index (χ2v) is 7.13. The molecule has 1 amide bonds. The van der Waals surface area contributed by atoms with Crippen LogP contribution in [0.5, 0.6) is 0 Å². The molecule has 6 nitrogen and oxygen atoms in total. The molecular formula is C20H30F4IN5O. The SMILES string of the molecule is CCNC(=NCCNC(=O)Cc1cccc(F)c1)N1CCN(C(C)C(F)(F)F)CC1.I. The van der Waals surface area contributed by atoms with E-state index in [4.69, 9.17) is 0 Å². The summed E-state index contributed by atoms with van der Waals surface area (Å²) < 4.78 is 51.9. The summed E-state index contributed by atoms with van der Waals surface area (Å²) in [7, 11) is 0. The molecule has 11 heteroatoms. The highest BCUT2D eigenvalue weighted by Crippen LogP contribution is 2.25. The van der Waals surface area contributed by atoms with Crippen molar-refractivity contribution in [2.75, 3.05) is 45.8 Å². The minimum absolute atomic E-state index is 0. The molecule has 1 fully saturated rings. The van der Waals surface area contributed by atoms with Crippen LogP contribution in [0.1, 0.15) is 19.4 Å². The summed E-state index contributed by atoms with van der Waals surface area (Å²) in [6, 6.07) is 4.42. The smallest absolute Gasteiger partial charge is 0.357 e. The van der Waals surface area contributed by atoms with Gasteiger partial charge in [0, 0.05) is 39.3 Å². The van der Waals surface area contributed by atoms with E-state index in [1.54, 1.807) is 12.1 Å². The topological polar surface area (TPSA) is 60.0 Å². The maximum atomic E-state index is 13.2. The standard InChI is InChI=1S/C20H29F4N5O.HI/c1-3-25-19(29-11-9-28(10-12-29)15(2)20(22,23)24)27-8-7-26-18(30)14-16-5-4-6-17(21)13-16;/h4-6,13,15H,3,7-12,14H2,1-2H3,(H,25,27)(H,26,30);1H. The predicted octanol–water partition coefficient (Wildman–Crippen LogP) is 2.64. The van der Waals surface area contributed by atoms with Gasteiger partial charge in [-0.1, -0.05) is 12.1 Å². The highest BCUT2D eigenvalue weighted by molar-refractivity contribution is 14.0. The summed E-state index contributed by atoms with van der Waals surface area (Å²) in [5.74, 6) is 0.0108. The van der Waals surface area contributed by atoms with Gasteiger partial charge in [0.15, 0.2) is 5.96 Å². The molecule has 2 N–H and O–H groups in total. The third-order valence-electron chi connectivity index (χ3n) is 4.92. The lowest BCUT2D eigenvalue weighted by Crippen LogP contribution is -2.56. The molecule has 0 saturated carbocycles. The monoisotopic (exact) mass is 559 g/mol. The Morgan fingerprint density at radius 3 is 2.45 bits per heavy atom. The van der Waals surface area contributed by atoms with Gasteiger partial charge < -0.3 is 15.5 Å². The number of amides is 1. The second-order valence-electron chi connectivity index (χ2n) is 7.13. The zero-order valence-corrected chi connectivity index (χ0v) is 20.0. The molecule has 0 aliphatic carbocycles. The molecule has 0 bridgehead atoms. The van der Waals surface area contributed by atoms with Gasteiger partial charge in [-0.05, 0) is 31.5 Å². The zero-order valence-electron chi connectivity index (χ0n) is 17.7. The molecule has 176 valence electrons. The molecule has 1 heterocycles. The number of benzene rings is 1. The lowest BCUT2D eigenvalue weighted by Gasteiger charge is -2.39. The number of carbonyl (C=O) groups excluding carboxylic acids is 1. The molecule has 1 aromatic rings. The number of guanidine groups is 1. The zero-order chi connectivity index (χ0) is 22.1. The van der Waals surface area contributed by atoms with Crippen LogP contribution in [0.15, 0.2) is 29.3 Å². The number of hydrogen-bond acceptors (Lipinski definition) is 3. The normalized spacial score (nSPS) is 16.5. The van der Waals surface area contributed by atoms with Gasteiger partial charge in [0.1, 0.15) is 11.9 Å². The van der Waals surface area contributed by atoms with Gasteiger partial charge in [-0.3, -0.25) is 14.7 Å². The van der Waals surface area contributed by atoms with Crippen LogP contribution in [0.4, 0.5) is 17.6 Å². The van der Waals surface area contributed by atoms with Gasteiger partial charge in [-0.2, -0.15) is 13.2 Å². The van der Waals surface area contributed by atoms with Crippen molar-refractivity contribution in [3.8, 4) is 0 Å². The van der Waals surface area contributed by atoms with Gasteiger partial charge in [0.05, 0.1) is 13.0 Å². The number of halogens is 5. The minimum Gasteiger partial charge on any atom is -0.357 e. The first-order valence-corrected chi connectivity index (χ1v) is 10.1. The Bertz CT molecular complexity index is 724. The fourth-order valence-corrected chi connectivity index (χ4v) is 3.21. The third kappa shape index (κ3) is 9.17. The summed E-state index contributed by atoms with van der Waals surface area (Å²) in [6.07, 6.45) is -4.15. The van der Waals surface area contributed by atoms with E-state index < -0.39 is 12.2 Å². The molecule has 0 aromatic heterocycles. The summed E-state index contributed by atoms with van der Waals surface area (Å²) in [4.78, 5) is 19.8. The Morgan fingerprint density at radius 1 is 1.19 bits per heavy atom. The molecule has 1 saturated heterocycles. The number of piperazine rings is 1. The average molecular weight is 559 g/mol. The van der Waals surface area contributed by atoms with Crippen LogP contribution in [0.2, 0.25) is 0 Å². The number of alkyl halides is 3. The summed E-state index contributed by atoms with van der Waals surface area (Å²) in [5.41, 5.74) is 0.593. The van der Waals surface area contributed by atoms with Crippen molar-refractivity contribution in [2.45, 2.75) is 32.5 Å². The van der Waals surface area contributed by atoms with Crippen LogP contribution < -0.4 is 10.6 Å². The Morgan fingerprint density at radius 2 is 1.87 bits per heavy atom. The quantitative estimate of drug-likeness (QED) is 0.178. The van der Waals surface area contributed by atoms with Gasteiger partial charge in [0.2, 0.25) is 5.91 Å². The number of carbonyl (C=O) groups is 1. The molecule has 31 heavy (non-hydrogen) atoms. The number of nitrogens with one attached hydrogen (secondary N) is 2. The van der Waals surface area contributed by atoms with Crippen molar-refractivity contribution >= 4 is 35.8 Å². The van der Waals surface area contributed by atoms with E-state index in [-0.39, 0.29) is 42.1 Å². The predicted molar refractivity (Wildman–Crippen MR) is 123 cm³/mol. The van der Waals surface area contributed by atoms with E-state index in [2.05, 4.69) is 15.6 Å². The molecule has 0 spiro atoms. The van der Waals surface area contributed by atoms with Crippen LogP contribution in [-0.4, -0.2) is 79.7 Å². The first-order chi connectivity index (χ1) is 14.2. The molecule has 1 aliphatic heterocycles. The van der Waals surface area contributed by atoms with E-state index in [1.165, 1.54) is 24.0 Å². The molecule has 1 aliphatic rings. The molecular weight excluding hydrogens is 529 g/mol. The van der Waals surface area contributed by atoms with Crippen LogP contribution >= 0.6 is 24.0 Å². The van der Waals surface area contributed by atoms with Crippen molar-refractivity contribution in [3.05, 3.63) is 35.6 Å². The lowest BCUT2D eigenvalue weighted by molar-refractivity contribution is -0.181. The third-order valence-corrected chi connectivity index (χ3v) is 4.92. The second kappa shape index (κ2) is 13.0. The fraction of sp³-hybridized carbons (Fsp3) is 0.600. The largest absolute Gasteiger partial charge is 0.403 e. The maximum Gasteiger partial charge on any atom is 0.403 e. The van der Waals surface area contributed by atoms with E-state index in [9.17, 15) is 22.4 Å². The molecule has 1 unspecified atom stereocenters. The van der Waals surface area contributed by atoms with E-state index in [0.29, 0.717) is 57.3 Å². The van der Waals surface area contributed by atoms with Crippen molar-refractivity contribution in [3.63, 3.8) is 0 Å². The summed E-state index contributed by atoms with van der Waals surface area (Å²) in [6.45, 7) is 5.86. The lowest BCUT2D eigenvalue weighted by atomic mass is 10.1. The number of nitrogens with zero attached hydrogens (tertiary/aromatic N) is 3. The molecule has 0 radical (unpaired) electrons. The average Bonchev–Trinajstić information content (AvgIpc) is 2.69. The maximum absolute atomic E-state index is 13.2. The van der Waals surface area contributed by atoms with Gasteiger partial charge >= 0.3 is 6.18 Å². The van der Waals surface area contributed by atoms with E-state index in [1.807, 2.05) is 11.8 Å². The number of aliphatic imine (C=N–C) groups is 1. The minimum atomic E-state index is -4.23. The van der Waals surface area contributed by atoms with Crippen LogP contribution in [0, 0.1) is 5.82 Å². The van der Waals surface area contributed by atoms with Crippen molar-refractivity contribution in [2.24, 2.45) is 4.99 Å². The van der Waals surface area contributed by atoms with Crippen molar-refractivity contribution < 1.29 is 22.4 Å². The fourth-order valence-electron chi connectivity index (χ4n) is 3.21. The Labute approximate surface area is 197 Å². The number of hydrogen-bond donors (Lipinski definition) is 2. The highest BCUT2D eigenvalue weighted by atomic mass is 127. The summed E-state index contributed by atoms with van der Waals surface area (Å²) in [5, 5.41) is 5.88. The Hall–Kier alpha value is -1.63. The Kier molecular flexibility index (Phi) is 11.5. The van der Waals surface area contributed by atoms with Crippen LogP contribution in [-0.2, 0) is 11.2 Å². The van der Waals surface area contributed by atoms with Crippen molar-refractivity contribution in [1.82, 2.24) is 20.4 Å². The van der Waals surface area contributed by atoms with Gasteiger partial charge in [-0.25, -0.2) is 4.39 Å². The molecule has 1 aromatic carbocycles. The van der Waals surface area contributed by atoms with Gasteiger partial charge in [-0.15, -0.1) is 24.0 Å². The van der Waals surface area contributed by atoms with E-state index >= 15 is 0 Å².